The molecule has 0 amide bonds. The van der Waals surface area contributed by atoms with Crippen molar-refractivity contribution in [3.63, 3.8) is 0 Å². The lowest BCUT2D eigenvalue weighted by Gasteiger charge is -2.13. The molecule has 0 unspecified atom stereocenters. The smallest absolute Gasteiger partial charge is 0.419 e. The van der Waals surface area contributed by atoms with Gasteiger partial charge in [-0.3, -0.25) is 0 Å². The van der Waals surface area contributed by atoms with Gasteiger partial charge in [0.2, 0.25) is 0 Å². The van der Waals surface area contributed by atoms with Gasteiger partial charge >= 0.3 is 12.2 Å². The molecule has 2 aromatic rings. The molecule has 0 radical (unpaired) electrons. The second-order valence-electron chi connectivity index (χ2n) is 4.30. The Morgan fingerprint density at radius 1 is 1.25 bits per heavy atom. The third-order valence-corrected chi connectivity index (χ3v) is 2.50. The molecule has 0 fully saturated rings. The first-order chi connectivity index (χ1) is 9.30. The Morgan fingerprint density at radius 3 is 2.55 bits per heavy atom. The van der Waals surface area contributed by atoms with E-state index in [1.54, 1.807) is 13.8 Å². The van der Waals surface area contributed by atoms with Gasteiger partial charge in [0.25, 0.3) is 0 Å². The fourth-order valence-electron chi connectivity index (χ4n) is 1.57. The number of ether oxygens (including phenoxy) is 1. The van der Waals surface area contributed by atoms with Crippen LogP contribution in [0.4, 0.5) is 17.6 Å². The predicted molar refractivity (Wildman–Crippen MR) is 61.9 cm³/mol. The SMILES string of the molecule is CC(C)n1ncnc1Oc1cccc(C(F)(F)F)c1F. The van der Waals surface area contributed by atoms with E-state index in [0.717, 1.165) is 12.1 Å². The van der Waals surface area contributed by atoms with Gasteiger partial charge < -0.3 is 4.74 Å². The summed E-state index contributed by atoms with van der Waals surface area (Å²) < 4.78 is 58.0. The van der Waals surface area contributed by atoms with Crippen LogP contribution in [0.1, 0.15) is 25.5 Å². The minimum absolute atomic E-state index is 0.0711. The van der Waals surface area contributed by atoms with Crippen molar-refractivity contribution >= 4 is 0 Å². The number of rotatable bonds is 3. The fourth-order valence-corrected chi connectivity index (χ4v) is 1.57. The largest absolute Gasteiger partial charge is 0.421 e. The molecule has 0 saturated carbocycles. The van der Waals surface area contributed by atoms with Crippen molar-refractivity contribution < 1.29 is 22.3 Å². The van der Waals surface area contributed by atoms with E-state index in [2.05, 4.69) is 10.1 Å². The lowest BCUT2D eigenvalue weighted by molar-refractivity contribution is -0.140. The van der Waals surface area contributed by atoms with Crippen LogP contribution in [0.5, 0.6) is 11.8 Å². The molecular weight excluding hydrogens is 278 g/mol. The molecule has 1 aromatic carbocycles. The van der Waals surface area contributed by atoms with Gasteiger partial charge in [-0.05, 0) is 26.0 Å². The third kappa shape index (κ3) is 2.73. The van der Waals surface area contributed by atoms with E-state index >= 15 is 0 Å². The van der Waals surface area contributed by atoms with E-state index in [-0.39, 0.29) is 12.1 Å². The average molecular weight is 289 g/mol. The van der Waals surface area contributed by atoms with Gasteiger partial charge in [0, 0.05) is 0 Å². The maximum absolute atomic E-state index is 13.8. The Balaban J connectivity index is 2.37. The lowest BCUT2D eigenvalue weighted by Crippen LogP contribution is -2.10. The summed E-state index contributed by atoms with van der Waals surface area (Å²) in [7, 11) is 0. The van der Waals surface area contributed by atoms with Gasteiger partial charge in [0.05, 0.1) is 11.6 Å². The molecule has 8 heteroatoms. The second kappa shape index (κ2) is 5.10. The topological polar surface area (TPSA) is 39.9 Å². The quantitative estimate of drug-likeness (QED) is 0.807. The van der Waals surface area contributed by atoms with Crippen LogP contribution >= 0.6 is 0 Å². The summed E-state index contributed by atoms with van der Waals surface area (Å²) in [4.78, 5) is 3.75. The first-order valence-electron chi connectivity index (χ1n) is 5.73. The second-order valence-corrected chi connectivity index (χ2v) is 4.30. The molecule has 2 rings (SSSR count). The zero-order valence-electron chi connectivity index (χ0n) is 10.6. The molecule has 0 N–H and O–H groups in total. The van der Waals surface area contributed by atoms with E-state index in [0.29, 0.717) is 6.07 Å². The highest BCUT2D eigenvalue weighted by molar-refractivity contribution is 5.34. The van der Waals surface area contributed by atoms with E-state index in [4.69, 9.17) is 4.74 Å². The number of halogens is 4. The summed E-state index contributed by atoms with van der Waals surface area (Å²) in [6.45, 7) is 3.56. The van der Waals surface area contributed by atoms with E-state index in [1.165, 1.54) is 11.0 Å². The summed E-state index contributed by atoms with van der Waals surface area (Å²) in [5.74, 6) is -2.02. The van der Waals surface area contributed by atoms with Crippen molar-refractivity contribution in [1.29, 1.82) is 0 Å². The number of hydrogen-bond donors (Lipinski definition) is 0. The van der Waals surface area contributed by atoms with Gasteiger partial charge in [-0.2, -0.15) is 23.3 Å². The van der Waals surface area contributed by atoms with E-state index in [9.17, 15) is 17.6 Å². The molecule has 0 spiro atoms. The molecule has 0 aliphatic carbocycles. The summed E-state index contributed by atoms with van der Waals surface area (Å²) >= 11 is 0. The van der Waals surface area contributed by atoms with Crippen molar-refractivity contribution in [2.45, 2.75) is 26.1 Å². The minimum atomic E-state index is -4.78. The molecule has 1 heterocycles. The van der Waals surface area contributed by atoms with Crippen molar-refractivity contribution in [1.82, 2.24) is 14.8 Å². The maximum Gasteiger partial charge on any atom is 0.419 e. The predicted octanol–water partition coefficient (Wildman–Crippen LogP) is 3.81. The van der Waals surface area contributed by atoms with Crippen LogP contribution in [0.2, 0.25) is 0 Å². The standard InChI is InChI=1S/C12H11F4N3O/c1-7(2)19-11(17-6-18-19)20-9-5-3-4-8(10(9)13)12(14,15)16/h3-7H,1-2H3. The van der Waals surface area contributed by atoms with Crippen LogP contribution < -0.4 is 4.74 Å². The molecule has 20 heavy (non-hydrogen) atoms. The Morgan fingerprint density at radius 2 is 1.95 bits per heavy atom. The Hall–Kier alpha value is -2.12. The third-order valence-electron chi connectivity index (χ3n) is 2.50. The molecule has 0 aliphatic rings. The average Bonchev–Trinajstić information content (AvgIpc) is 2.78. The van der Waals surface area contributed by atoms with Crippen LogP contribution in [0.15, 0.2) is 24.5 Å². The molecule has 0 aliphatic heterocycles. The van der Waals surface area contributed by atoms with Gasteiger partial charge in [-0.1, -0.05) is 6.07 Å². The van der Waals surface area contributed by atoms with Crippen molar-refractivity contribution in [2.24, 2.45) is 0 Å². The Labute approximate surface area is 112 Å². The highest BCUT2D eigenvalue weighted by atomic mass is 19.4. The van der Waals surface area contributed by atoms with Crippen LogP contribution in [0.25, 0.3) is 0 Å². The first kappa shape index (κ1) is 14.3. The highest BCUT2D eigenvalue weighted by Gasteiger charge is 2.35. The van der Waals surface area contributed by atoms with Gasteiger partial charge in [0.1, 0.15) is 6.33 Å². The van der Waals surface area contributed by atoms with Gasteiger partial charge in [-0.25, -0.2) is 9.07 Å². The molecule has 0 saturated heterocycles. The molecule has 0 atom stereocenters. The minimum Gasteiger partial charge on any atom is -0.421 e. The number of hydrogen-bond acceptors (Lipinski definition) is 3. The monoisotopic (exact) mass is 289 g/mol. The number of benzene rings is 1. The van der Waals surface area contributed by atoms with Crippen LogP contribution in [-0.4, -0.2) is 14.8 Å². The molecule has 1 aromatic heterocycles. The molecular formula is C12H11F4N3O. The summed E-state index contributed by atoms with van der Waals surface area (Å²) in [6.07, 6.45) is -3.60. The highest BCUT2D eigenvalue weighted by Crippen LogP contribution is 2.35. The molecule has 0 bridgehead atoms. The Kier molecular flexibility index (Phi) is 3.65. The van der Waals surface area contributed by atoms with Crippen molar-refractivity contribution in [3.05, 3.63) is 35.9 Å². The van der Waals surface area contributed by atoms with E-state index < -0.39 is 23.3 Å². The number of alkyl halides is 3. The van der Waals surface area contributed by atoms with Crippen LogP contribution in [-0.2, 0) is 6.18 Å². The zero-order chi connectivity index (χ0) is 14.9. The molecule has 4 nitrogen and oxygen atoms in total. The summed E-state index contributed by atoms with van der Waals surface area (Å²) in [5.41, 5.74) is -1.38. The molecule has 108 valence electrons. The summed E-state index contributed by atoms with van der Waals surface area (Å²) in [5, 5.41) is 3.85. The maximum atomic E-state index is 13.8. The van der Waals surface area contributed by atoms with Gasteiger partial charge in [-0.15, -0.1) is 0 Å². The fraction of sp³-hybridized carbons (Fsp3) is 0.333. The van der Waals surface area contributed by atoms with Gasteiger partial charge in [0.15, 0.2) is 11.6 Å². The normalized spacial score (nSPS) is 11.9. The zero-order valence-corrected chi connectivity index (χ0v) is 10.6. The van der Waals surface area contributed by atoms with Crippen LogP contribution in [0, 0.1) is 5.82 Å². The first-order valence-corrected chi connectivity index (χ1v) is 5.73. The van der Waals surface area contributed by atoms with Crippen molar-refractivity contribution in [3.8, 4) is 11.8 Å². The van der Waals surface area contributed by atoms with Crippen LogP contribution in [0.3, 0.4) is 0 Å². The lowest BCUT2D eigenvalue weighted by atomic mass is 10.2. The van der Waals surface area contributed by atoms with E-state index in [1.807, 2.05) is 0 Å². The number of nitrogens with zero attached hydrogens (tertiary/aromatic N) is 3. The number of aromatic nitrogens is 3. The Bertz CT molecular complexity index is 607. The summed E-state index contributed by atoms with van der Waals surface area (Å²) in [6, 6.07) is 2.62. The van der Waals surface area contributed by atoms with Crippen molar-refractivity contribution in [2.75, 3.05) is 0 Å².